The van der Waals surface area contributed by atoms with Crippen molar-refractivity contribution in [3.63, 3.8) is 0 Å². The number of likely N-dealkylation sites (N-methyl/N-ethyl adjacent to an activating group) is 1. The SMILES string of the molecule is CNC(=O)C(=Nc1ccc(Oc2ccc(F)cc2)cc1)c1cc(C2CC2)c(NCCO)cc1N. The molecule has 0 bridgehead atoms. The number of nitrogens with zero attached hydrogens (tertiary/aromatic N) is 1. The standard InChI is InChI=1S/C26H27FN4O3/c1-29-26(33)25(22-14-21(16-2-3-16)24(15-23(22)28)30-12-13-32)31-18-6-10-20(11-7-18)34-19-8-4-17(27)5-9-19/h4-11,14-16,30,32H,2-3,12-13,28H2,1H3,(H,29,33). The minimum atomic E-state index is -0.351. The number of halogens is 1. The second-order valence-corrected chi connectivity index (χ2v) is 8.04. The highest BCUT2D eigenvalue weighted by Crippen LogP contribution is 2.45. The molecule has 3 aromatic carbocycles. The molecular formula is C26H27FN4O3. The third kappa shape index (κ3) is 5.52. The van der Waals surface area contributed by atoms with Crippen molar-refractivity contribution in [1.29, 1.82) is 0 Å². The van der Waals surface area contributed by atoms with E-state index in [2.05, 4.69) is 15.6 Å². The molecule has 0 heterocycles. The van der Waals surface area contributed by atoms with Gasteiger partial charge in [-0.25, -0.2) is 9.38 Å². The molecule has 1 aliphatic carbocycles. The predicted octanol–water partition coefficient (Wildman–Crippen LogP) is 4.35. The molecule has 176 valence electrons. The smallest absolute Gasteiger partial charge is 0.270 e. The lowest BCUT2D eigenvalue weighted by molar-refractivity contribution is -0.114. The summed E-state index contributed by atoms with van der Waals surface area (Å²) in [5.74, 6) is 0.784. The van der Waals surface area contributed by atoms with Gasteiger partial charge in [0.15, 0.2) is 0 Å². The molecule has 0 unspecified atom stereocenters. The van der Waals surface area contributed by atoms with E-state index < -0.39 is 0 Å². The van der Waals surface area contributed by atoms with Gasteiger partial charge in [0.2, 0.25) is 0 Å². The number of ether oxygens (including phenoxy) is 1. The van der Waals surface area contributed by atoms with Crippen LogP contribution in [0.1, 0.15) is 29.9 Å². The molecule has 0 aromatic heterocycles. The Bertz CT molecular complexity index is 1190. The zero-order valence-corrected chi connectivity index (χ0v) is 18.8. The summed E-state index contributed by atoms with van der Waals surface area (Å²) in [6, 6.07) is 16.4. The second kappa shape index (κ2) is 10.4. The first-order chi connectivity index (χ1) is 16.5. The summed E-state index contributed by atoms with van der Waals surface area (Å²) in [6.07, 6.45) is 2.14. The molecule has 3 aromatic rings. The first-order valence-electron chi connectivity index (χ1n) is 11.1. The van der Waals surface area contributed by atoms with Crippen LogP contribution in [0.2, 0.25) is 0 Å². The molecule has 34 heavy (non-hydrogen) atoms. The van der Waals surface area contributed by atoms with Gasteiger partial charge in [-0.2, -0.15) is 0 Å². The fourth-order valence-electron chi connectivity index (χ4n) is 3.62. The summed E-state index contributed by atoms with van der Waals surface area (Å²) in [5.41, 5.74) is 10.0. The molecule has 0 saturated heterocycles. The maximum absolute atomic E-state index is 13.1. The number of carbonyl (C=O) groups excluding carboxylic acids is 1. The molecule has 1 aliphatic rings. The lowest BCUT2D eigenvalue weighted by Crippen LogP contribution is -2.29. The molecule has 7 nitrogen and oxygen atoms in total. The Labute approximate surface area is 197 Å². The quantitative estimate of drug-likeness (QED) is 0.279. The second-order valence-electron chi connectivity index (χ2n) is 8.04. The number of carbonyl (C=O) groups is 1. The van der Waals surface area contributed by atoms with Gasteiger partial charge in [0.1, 0.15) is 23.0 Å². The molecule has 0 spiro atoms. The summed E-state index contributed by atoms with van der Waals surface area (Å²) in [7, 11) is 1.55. The van der Waals surface area contributed by atoms with E-state index in [1.807, 2.05) is 6.07 Å². The first-order valence-corrected chi connectivity index (χ1v) is 11.1. The molecule has 1 fully saturated rings. The maximum Gasteiger partial charge on any atom is 0.270 e. The Kier molecular flexibility index (Phi) is 7.08. The minimum absolute atomic E-state index is 0.0115. The Morgan fingerprint density at radius 1 is 1.12 bits per heavy atom. The average molecular weight is 463 g/mol. The Balaban J connectivity index is 1.64. The molecule has 0 atom stereocenters. The topological polar surface area (TPSA) is 109 Å². The third-order valence-electron chi connectivity index (χ3n) is 5.49. The number of rotatable bonds is 9. The van der Waals surface area contributed by atoms with Crippen LogP contribution < -0.4 is 21.1 Å². The number of amides is 1. The number of aliphatic imine (C=N–C) groups is 1. The average Bonchev–Trinajstić information content (AvgIpc) is 3.69. The van der Waals surface area contributed by atoms with Crippen LogP contribution in [0.15, 0.2) is 65.7 Å². The highest BCUT2D eigenvalue weighted by atomic mass is 19.1. The zero-order valence-electron chi connectivity index (χ0n) is 18.8. The summed E-state index contributed by atoms with van der Waals surface area (Å²) < 4.78 is 18.8. The van der Waals surface area contributed by atoms with Crippen molar-refractivity contribution in [2.24, 2.45) is 4.99 Å². The lowest BCUT2D eigenvalue weighted by Gasteiger charge is -2.16. The third-order valence-corrected chi connectivity index (χ3v) is 5.49. The molecular weight excluding hydrogens is 435 g/mol. The van der Waals surface area contributed by atoms with Gasteiger partial charge in [0.05, 0.1) is 12.3 Å². The molecule has 1 amide bonds. The molecule has 8 heteroatoms. The molecule has 5 N–H and O–H groups in total. The Morgan fingerprint density at radius 2 is 1.76 bits per heavy atom. The van der Waals surface area contributed by atoms with Crippen molar-refractivity contribution in [2.75, 3.05) is 31.2 Å². The lowest BCUT2D eigenvalue weighted by atomic mass is 9.99. The van der Waals surface area contributed by atoms with Crippen molar-refractivity contribution in [2.45, 2.75) is 18.8 Å². The van der Waals surface area contributed by atoms with E-state index in [4.69, 9.17) is 10.5 Å². The molecule has 0 aliphatic heterocycles. The predicted molar refractivity (Wildman–Crippen MR) is 132 cm³/mol. The number of anilines is 2. The van der Waals surface area contributed by atoms with Crippen molar-refractivity contribution < 1.29 is 19.0 Å². The molecule has 0 radical (unpaired) electrons. The monoisotopic (exact) mass is 462 g/mol. The van der Waals surface area contributed by atoms with E-state index in [1.165, 1.54) is 12.1 Å². The van der Waals surface area contributed by atoms with Crippen LogP contribution in [0.4, 0.5) is 21.5 Å². The summed E-state index contributed by atoms with van der Waals surface area (Å²) in [4.78, 5) is 17.3. The normalized spacial score (nSPS) is 13.4. The number of hydrogen-bond donors (Lipinski definition) is 4. The van der Waals surface area contributed by atoms with Crippen LogP contribution in [0.5, 0.6) is 11.5 Å². The van der Waals surface area contributed by atoms with Crippen molar-refractivity contribution >= 4 is 28.7 Å². The van der Waals surface area contributed by atoms with Crippen molar-refractivity contribution in [3.8, 4) is 11.5 Å². The summed E-state index contributed by atoms with van der Waals surface area (Å²) in [6.45, 7) is 0.429. The van der Waals surface area contributed by atoms with Gasteiger partial charge in [-0.15, -0.1) is 0 Å². The number of aliphatic hydroxyl groups is 1. The van der Waals surface area contributed by atoms with Crippen LogP contribution in [-0.4, -0.2) is 36.9 Å². The van der Waals surface area contributed by atoms with Gasteiger partial charge in [-0.05, 0) is 85.0 Å². The number of hydrogen-bond acceptors (Lipinski definition) is 6. The van der Waals surface area contributed by atoms with E-state index in [0.29, 0.717) is 40.9 Å². The van der Waals surface area contributed by atoms with E-state index in [0.717, 1.165) is 24.1 Å². The minimum Gasteiger partial charge on any atom is -0.457 e. The van der Waals surface area contributed by atoms with Crippen LogP contribution >= 0.6 is 0 Å². The highest BCUT2D eigenvalue weighted by molar-refractivity contribution is 6.46. The van der Waals surface area contributed by atoms with E-state index >= 15 is 0 Å². The van der Waals surface area contributed by atoms with Crippen LogP contribution in [0, 0.1) is 5.82 Å². The van der Waals surface area contributed by atoms with E-state index in [-0.39, 0.29) is 24.0 Å². The molecule has 1 saturated carbocycles. The van der Waals surface area contributed by atoms with Gasteiger partial charge < -0.3 is 26.2 Å². The number of nitrogens with two attached hydrogens (primary N) is 1. The van der Waals surface area contributed by atoms with E-state index in [9.17, 15) is 14.3 Å². The summed E-state index contributed by atoms with van der Waals surface area (Å²) >= 11 is 0. The van der Waals surface area contributed by atoms with Gasteiger partial charge in [-0.1, -0.05) is 0 Å². The Hall–Kier alpha value is -3.91. The zero-order chi connectivity index (χ0) is 24.1. The number of nitrogen functional groups attached to an aromatic ring is 1. The van der Waals surface area contributed by atoms with Crippen LogP contribution in [0.3, 0.4) is 0 Å². The van der Waals surface area contributed by atoms with Gasteiger partial charge in [-0.3, -0.25) is 4.79 Å². The largest absolute Gasteiger partial charge is 0.457 e. The maximum atomic E-state index is 13.1. The van der Waals surface area contributed by atoms with Gasteiger partial charge in [0.25, 0.3) is 5.91 Å². The number of nitrogens with one attached hydrogen (secondary N) is 2. The number of aliphatic hydroxyl groups excluding tert-OH is 1. The summed E-state index contributed by atoms with van der Waals surface area (Å²) in [5, 5.41) is 15.0. The van der Waals surface area contributed by atoms with Gasteiger partial charge in [0, 0.05) is 30.5 Å². The van der Waals surface area contributed by atoms with E-state index in [1.54, 1.807) is 49.5 Å². The fourth-order valence-corrected chi connectivity index (χ4v) is 3.62. The van der Waals surface area contributed by atoms with Gasteiger partial charge >= 0.3 is 0 Å². The molecule has 4 rings (SSSR count). The van der Waals surface area contributed by atoms with Crippen molar-refractivity contribution in [3.05, 3.63) is 77.6 Å². The fraction of sp³-hybridized carbons (Fsp3) is 0.231. The van der Waals surface area contributed by atoms with Crippen LogP contribution in [-0.2, 0) is 4.79 Å². The number of benzene rings is 3. The van der Waals surface area contributed by atoms with Crippen molar-refractivity contribution in [1.82, 2.24) is 5.32 Å². The van der Waals surface area contributed by atoms with Crippen LogP contribution in [0.25, 0.3) is 0 Å². The highest BCUT2D eigenvalue weighted by Gasteiger charge is 2.28. The Morgan fingerprint density at radius 3 is 2.35 bits per heavy atom. The first kappa shape index (κ1) is 23.3.